The summed E-state index contributed by atoms with van der Waals surface area (Å²) in [6.07, 6.45) is -4.50. The standard InChI is InChI=1S/C16H15F6N5O.CH4O3S/c17-10-6-12(19)11(18)4-8(10)3-9(23)5-14(28)26-1-2-27-13(7-26)24-25-15(27)16(20,21)22;1-5(2,3)4/h4,6,9H,1-3,5,7,23H2;1H3,(H,2,3,4)/p-1/t9-;/m1./s1. The first-order valence-electron chi connectivity index (χ1n) is 9.13. The Morgan fingerprint density at radius 1 is 1.15 bits per heavy atom. The van der Waals surface area contributed by atoms with Crippen LogP contribution in [0.15, 0.2) is 12.1 Å². The van der Waals surface area contributed by atoms with Gasteiger partial charge in [-0.25, -0.2) is 21.6 Å². The number of benzene rings is 1. The van der Waals surface area contributed by atoms with E-state index in [1.54, 1.807) is 0 Å². The van der Waals surface area contributed by atoms with E-state index in [2.05, 4.69) is 10.2 Å². The van der Waals surface area contributed by atoms with Gasteiger partial charge in [-0.05, 0) is 18.1 Å². The summed E-state index contributed by atoms with van der Waals surface area (Å²) in [7, 11) is -3.92. The van der Waals surface area contributed by atoms with Crippen LogP contribution in [-0.4, -0.2) is 57.4 Å². The second-order valence-electron chi connectivity index (χ2n) is 7.13. The highest BCUT2D eigenvalue weighted by Gasteiger charge is 2.40. The number of hydrogen-bond acceptors (Lipinski definition) is 7. The van der Waals surface area contributed by atoms with E-state index >= 15 is 0 Å². The predicted octanol–water partition coefficient (Wildman–Crippen LogP) is 1.18. The van der Waals surface area contributed by atoms with Crippen LogP contribution in [0.1, 0.15) is 23.6 Å². The van der Waals surface area contributed by atoms with Crippen molar-refractivity contribution < 1.29 is 44.1 Å². The zero-order chi connectivity index (χ0) is 25.1. The molecular formula is C17H18F6N5O4S-. The lowest BCUT2D eigenvalue weighted by Crippen LogP contribution is -2.42. The minimum absolute atomic E-state index is 0.000783. The van der Waals surface area contributed by atoms with Crippen LogP contribution in [0, 0.1) is 17.5 Å². The quantitative estimate of drug-likeness (QED) is 0.377. The van der Waals surface area contributed by atoms with Gasteiger partial charge in [0.25, 0.3) is 0 Å². The van der Waals surface area contributed by atoms with Crippen LogP contribution in [0.25, 0.3) is 0 Å². The average Bonchev–Trinajstić information content (AvgIpc) is 3.08. The van der Waals surface area contributed by atoms with Crippen molar-refractivity contribution in [3.8, 4) is 0 Å². The molecule has 1 aliphatic heterocycles. The fourth-order valence-electron chi connectivity index (χ4n) is 3.01. The van der Waals surface area contributed by atoms with Gasteiger partial charge in [-0.2, -0.15) is 13.2 Å². The summed E-state index contributed by atoms with van der Waals surface area (Å²) in [5, 5.41) is 6.60. The molecule has 0 unspecified atom stereocenters. The maximum absolute atomic E-state index is 13.7. The van der Waals surface area contributed by atoms with Crippen LogP contribution < -0.4 is 5.73 Å². The van der Waals surface area contributed by atoms with Gasteiger partial charge in [0.2, 0.25) is 11.7 Å². The molecule has 1 aromatic heterocycles. The number of nitrogens with zero attached hydrogens (tertiary/aromatic N) is 4. The van der Waals surface area contributed by atoms with E-state index in [1.165, 1.54) is 4.90 Å². The van der Waals surface area contributed by atoms with E-state index in [-0.39, 0.29) is 43.9 Å². The highest BCUT2D eigenvalue weighted by molar-refractivity contribution is 7.84. The van der Waals surface area contributed by atoms with Crippen molar-refractivity contribution in [2.75, 3.05) is 12.8 Å². The second kappa shape index (κ2) is 10.0. The van der Waals surface area contributed by atoms with Crippen LogP contribution in [0.2, 0.25) is 0 Å². The van der Waals surface area contributed by atoms with E-state index in [0.717, 1.165) is 4.57 Å². The third-order valence-electron chi connectivity index (χ3n) is 4.37. The maximum Gasteiger partial charge on any atom is 0.451 e. The van der Waals surface area contributed by atoms with Crippen molar-refractivity contribution in [1.82, 2.24) is 19.7 Å². The Kier molecular flexibility index (Phi) is 8.08. The molecule has 1 aromatic carbocycles. The molecule has 1 amide bonds. The Hall–Kier alpha value is -2.72. The lowest BCUT2D eigenvalue weighted by atomic mass is 10.0. The fraction of sp³-hybridized carbons (Fsp3) is 0.471. The van der Waals surface area contributed by atoms with Gasteiger partial charge in [-0.1, -0.05) is 0 Å². The lowest BCUT2D eigenvalue weighted by molar-refractivity contribution is -0.148. The predicted molar refractivity (Wildman–Crippen MR) is 98.7 cm³/mol. The number of fused-ring (bicyclic) bond motifs is 1. The summed E-state index contributed by atoms with van der Waals surface area (Å²) in [4.78, 5) is 13.6. The van der Waals surface area contributed by atoms with Gasteiger partial charge in [0.15, 0.2) is 17.5 Å². The Bertz CT molecular complexity index is 1110. The number of rotatable bonds is 4. The van der Waals surface area contributed by atoms with Crippen LogP contribution in [0.4, 0.5) is 26.3 Å². The zero-order valence-corrected chi connectivity index (χ0v) is 17.8. The SMILES string of the molecule is CS(=O)(=O)[O-].N[C@@H](CC(=O)N1CCn2c(nnc2C(F)(F)F)C1)Cc1cc(F)c(F)cc1F. The first-order chi connectivity index (χ1) is 15.1. The fourth-order valence-corrected chi connectivity index (χ4v) is 3.01. The molecule has 0 fully saturated rings. The molecule has 2 N–H and O–H groups in total. The minimum Gasteiger partial charge on any atom is -0.748 e. The van der Waals surface area contributed by atoms with Crippen molar-refractivity contribution in [3.63, 3.8) is 0 Å². The van der Waals surface area contributed by atoms with E-state index < -0.39 is 51.5 Å². The van der Waals surface area contributed by atoms with Gasteiger partial charge in [-0.15, -0.1) is 10.2 Å². The molecule has 16 heteroatoms. The number of hydrogen-bond donors (Lipinski definition) is 1. The number of amides is 1. The summed E-state index contributed by atoms with van der Waals surface area (Å²) in [5.74, 6) is -5.15. The first-order valence-corrected chi connectivity index (χ1v) is 10.9. The van der Waals surface area contributed by atoms with Crippen molar-refractivity contribution in [3.05, 3.63) is 46.8 Å². The monoisotopic (exact) mass is 502 g/mol. The summed E-state index contributed by atoms with van der Waals surface area (Å²) in [5.41, 5.74) is 5.64. The minimum atomic E-state index is -4.64. The number of nitrogens with two attached hydrogens (primary N) is 1. The Morgan fingerprint density at radius 2 is 1.73 bits per heavy atom. The molecule has 0 bridgehead atoms. The molecule has 0 saturated carbocycles. The first kappa shape index (κ1) is 26.5. The number of carbonyl (C=O) groups excluding carboxylic acids is 1. The largest absolute Gasteiger partial charge is 0.748 e. The van der Waals surface area contributed by atoms with Crippen LogP contribution in [0.5, 0.6) is 0 Å². The highest BCUT2D eigenvalue weighted by Crippen LogP contribution is 2.29. The van der Waals surface area contributed by atoms with Gasteiger partial charge in [0.05, 0.1) is 16.7 Å². The normalized spacial score (nSPS) is 14.9. The molecular weight excluding hydrogens is 484 g/mol. The van der Waals surface area contributed by atoms with E-state index in [0.29, 0.717) is 18.4 Å². The Balaban J connectivity index is 0.000000696. The number of alkyl halides is 3. The highest BCUT2D eigenvalue weighted by atomic mass is 32.2. The van der Waals surface area contributed by atoms with Crippen LogP contribution in [-0.2, 0) is 40.6 Å². The molecule has 1 atom stereocenters. The van der Waals surface area contributed by atoms with Crippen molar-refractivity contribution in [2.45, 2.75) is 38.1 Å². The van der Waals surface area contributed by atoms with E-state index in [1.807, 2.05) is 0 Å². The van der Waals surface area contributed by atoms with Gasteiger partial charge in [0.1, 0.15) is 5.82 Å². The molecule has 1 aliphatic rings. The molecule has 2 heterocycles. The summed E-state index contributed by atoms with van der Waals surface area (Å²) < 4.78 is 106. The number of carbonyl (C=O) groups is 1. The third kappa shape index (κ3) is 7.68. The average molecular weight is 502 g/mol. The Labute approximate surface area is 183 Å². The Morgan fingerprint density at radius 3 is 2.30 bits per heavy atom. The molecule has 0 aliphatic carbocycles. The smallest absolute Gasteiger partial charge is 0.451 e. The zero-order valence-electron chi connectivity index (χ0n) is 16.9. The van der Waals surface area contributed by atoms with E-state index in [9.17, 15) is 31.1 Å². The molecule has 0 saturated heterocycles. The molecule has 0 radical (unpaired) electrons. The molecule has 3 rings (SSSR count). The van der Waals surface area contributed by atoms with Crippen molar-refractivity contribution in [2.24, 2.45) is 5.73 Å². The van der Waals surface area contributed by atoms with Crippen molar-refractivity contribution in [1.29, 1.82) is 0 Å². The molecule has 184 valence electrons. The van der Waals surface area contributed by atoms with Gasteiger partial charge < -0.3 is 19.8 Å². The maximum atomic E-state index is 13.7. The molecule has 33 heavy (non-hydrogen) atoms. The third-order valence-corrected chi connectivity index (χ3v) is 4.37. The lowest BCUT2D eigenvalue weighted by Gasteiger charge is -2.29. The second-order valence-corrected chi connectivity index (χ2v) is 8.54. The van der Waals surface area contributed by atoms with Crippen molar-refractivity contribution >= 4 is 16.0 Å². The van der Waals surface area contributed by atoms with Gasteiger partial charge >= 0.3 is 6.18 Å². The number of halogens is 6. The number of aromatic nitrogens is 3. The summed E-state index contributed by atoms with van der Waals surface area (Å²) in [6.45, 7) is -0.302. The summed E-state index contributed by atoms with van der Waals surface area (Å²) >= 11 is 0. The van der Waals surface area contributed by atoms with Crippen LogP contribution in [0.3, 0.4) is 0 Å². The molecule has 2 aromatic rings. The van der Waals surface area contributed by atoms with Crippen LogP contribution >= 0.6 is 0 Å². The topological polar surface area (TPSA) is 134 Å². The van der Waals surface area contributed by atoms with E-state index in [4.69, 9.17) is 18.7 Å². The summed E-state index contributed by atoms with van der Waals surface area (Å²) in [6, 6.07) is 0.184. The van der Waals surface area contributed by atoms with Gasteiger partial charge in [0, 0.05) is 37.9 Å². The molecule has 9 nitrogen and oxygen atoms in total. The van der Waals surface area contributed by atoms with Gasteiger partial charge in [-0.3, -0.25) is 4.79 Å². The molecule has 0 spiro atoms.